The number of amides is 1. The second-order valence-corrected chi connectivity index (χ2v) is 3.74. The first-order valence-corrected chi connectivity index (χ1v) is 5.68. The van der Waals surface area contributed by atoms with Gasteiger partial charge in [-0.25, -0.2) is 9.48 Å². The number of carbonyl (C=O) groups is 2. The first kappa shape index (κ1) is 14.1. The van der Waals surface area contributed by atoms with Crippen molar-refractivity contribution in [2.75, 3.05) is 13.1 Å². The molecule has 1 heterocycles. The minimum atomic E-state index is -1.17. The standard InChI is InChI=1S/C10H17N5O3/c1-3-12-9(16)6(2)15-7(4-5-11)8(10(17)18)13-14-15/h6H,3-5,11H2,1-2H3,(H,12,16)(H,17,18). The minimum Gasteiger partial charge on any atom is -0.476 e. The summed E-state index contributed by atoms with van der Waals surface area (Å²) in [4.78, 5) is 22.7. The van der Waals surface area contributed by atoms with Gasteiger partial charge >= 0.3 is 5.97 Å². The zero-order valence-electron chi connectivity index (χ0n) is 10.4. The molecule has 0 radical (unpaired) electrons. The van der Waals surface area contributed by atoms with E-state index in [0.717, 1.165) is 0 Å². The van der Waals surface area contributed by atoms with Gasteiger partial charge in [-0.2, -0.15) is 0 Å². The number of likely N-dealkylation sites (N-methyl/N-ethyl adjacent to an activating group) is 1. The van der Waals surface area contributed by atoms with Crippen LogP contribution in [0.1, 0.15) is 36.1 Å². The Balaban J connectivity index is 3.08. The second kappa shape index (κ2) is 6.10. The van der Waals surface area contributed by atoms with E-state index in [0.29, 0.717) is 18.7 Å². The van der Waals surface area contributed by atoms with E-state index < -0.39 is 12.0 Å². The van der Waals surface area contributed by atoms with Gasteiger partial charge in [0.2, 0.25) is 5.91 Å². The van der Waals surface area contributed by atoms with Gasteiger partial charge in [0.25, 0.3) is 0 Å². The molecule has 8 nitrogen and oxygen atoms in total. The van der Waals surface area contributed by atoms with Gasteiger partial charge in [-0.15, -0.1) is 5.10 Å². The van der Waals surface area contributed by atoms with E-state index in [9.17, 15) is 9.59 Å². The number of carboxylic acids is 1. The maximum atomic E-state index is 11.7. The third kappa shape index (κ3) is 2.83. The number of hydrogen-bond acceptors (Lipinski definition) is 5. The van der Waals surface area contributed by atoms with Crippen molar-refractivity contribution in [1.82, 2.24) is 20.3 Å². The molecular weight excluding hydrogens is 238 g/mol. The van der Waals surface area contributed by atoms with Crippen molar-refractivity contribution in [2.45, 2.75) is 26.3 Å². The number of aromatic nitrogens is 3. The lowest BCUT2D eigenvalue weighted by molar-refractivity contribution is -0.124. The smallest absolute Gasteiger partial charge is 0.358 e. The number of carboxylic acid groups (broad SMARTS) is 1. The van der Waals surface area contributed by atoms with E-state index in [1.54, 1.807) is 13.8 Å². The van der Waals surface area contributed by atoms with Crippen LogP contribution in [0.2, 0.25) is 0 Å². The van der Waals surface area contributed by atoms with Crippen LogP contribution in [0.3, 0.4) is 0 Å². The number of rotatable bonds is 6. The molecule has 0 saturated carbocycles. The highest BCUT2D eigenvalue weighted by atomic mass is 16.4. The molecule has 0 aliphatic carbocycles. The summed E-state index contributed by atoms with van der Waals surface area (Å²) in [6.07, 6.45) is 0.304. The highest BCUT2D eigenvalue weighted by molar-refractivity contribution is 5.87. The summed E-state index contributed by atoms with van der Waals surface area (Å²) in [6, 6.07) is -0.618. The normalized spacial score (nSPS) is 12.2. The van der Waals surface area contributed by atoms with Crippen LogP contribution in [0.5, 0.6) is 0 Å². The van der Waals surface area contributed by atoms with Crippen LogP contribution in [0, 0.1) is 0 Å². The van der Waals surface area contributed by atoms with Crippen LogP contribution in [0.15, 0.2) is 0 Å². The van der Waals surface area contributed by atoms with Crippen LogP contribution >= 0.6 is 0 Å². The van der Waals surface area contributed by atoms with Gasteiger partial charge in [0, 0.05) is 13.0 Å². The summed E-state index contributed by atoms with van der Waals surface area (Å²) in [5, 5.41) is 18.9. The molecule has 1 atom stereocenters. The first-order chi connectivity index (χ1) is 8.52. The molecule has 0 spiro atoms. The Morgan fingerprint density at radius 1 is 1.56 bits per heavy atom. The van der Waals surface area contributed by atoms with Gasteiger partial charge in [0.1, 0.15) is 6.04 Å². The Hall–Kier alpha value is -1.96. The topological polar surface area (TPSA) is 123 Å². The van der Waals surface area contributed by atoms with Crippen molar-refractivity contribution in [2.24, 2.45) is 5.73 Å². The molecule has 0 aliphatic rings. The Bertz CT molecular complexity index is 443. The molecule has 0 aliphatic heterocycles. The van der Waals surface area contributed by atoms with Crippen LogP contribution in [0.4, 0.5) is 0 Å². The fraction of sp³-hybridized carbons (Fsp3) is 0.600. The molecule has 1 aromatic heterocycles. The van der Waals surface area contributed by atoms with E-state index in [1.165, 1.54) is 4.68 Å². The molecule has 1 unspecified atom stereocenters. The van der Waals surface area contributed by atoms with Crippen LogP contribution in [0.25, 0.3) is 0 Å². The summed E-state index contributed by atoms with van der Waals surface area (Å²) in [6.45, 7) is 4.19. The molecular formula is C10H17N5O3. The van der Waals surface area contributed by atoms with Gasteiger partial charge in [-0.3, -0.25) is 4.79 Å². The van der Waals surface area contributed by atoms with Crippen molar-refractivity contribution in [3.8, 4) is 0 Å². The summed E-state index contributed by atoms with van der Waals surface area (Å²) < 4.78 is 1.31. The van der Waals surface area contributed by atoms with Crippen molar-refractivity contribution >= 4 is 11.9 Å². The molecule has 1 amide bonds. The van der Waals surface area contributed by atoms with Crippen molar-refractivity contribution in [1.29, 1.82) is 0 Å². The SMILES string of the molecule is CCNC(=O)C(C)n1nnc(C(=O)O)c1CCN. The van der Waals surface area contributed by atoms with Crippen molar-refractivity contribution < 1.29 is 14.7 Å². The van der Waals surface area contributed by atoms with E-state index in [1.807, 2.05) is 0 Å². The summed E-state index contributed by atoms with van der Waals surface area (Å²) in [5.41, 5.74) is 5.64. The maximum absolute atomic E-state index is 11.7. The molecule has 0 saturated heterocycles. The highest BCUT2D eigenvalue weighted by Crippen LogP contribution is 2.13. The Kier molecular flexibility index (Phi) is 4.78. The second-order valence-electron chi connectivity index (χ2n) is 3.74. The third-order valence-electron chi connectivity index (χ3n) is 2.47. The Morgan fingerprint density at radius 2 is 2.22 bits per heavy atom. The summed E-state index contributed by atoms with van der Waals surface area (Å²) >= 11 is 0. The molecule has 4 N–H and O–H groups in total. The fourth-order valence-corrected chi connectivity index (χ4v) is 1.59. The number of nitrogens with one attached hydrogen (secondary N) is 1. The number of aromatic carboxylic acids is 1. The molecule has 0 fully saturated rings. The number of carbonyl (C=O) groups excluding carboxylic acids is 1. The van der Waals surface area contributed by atoms with Gasteiger partial charge < -0.3 is 16.2 Å². The quantitative estimate of drug-likeness (QED) is 0.610. The van der Waals surface area contributed by atoms with E-state index in [-0.39, 0.29) is 18.1 Å². The van der Waals surface area contributed by atoms with E-state index in [2.05, 4.69) is 15.6 Å². The minimum absolute atomic E-state index is 0.156. The Morgan fingerprint density at radius 3 is 2.72 bits per heavy atom. The average molecular weight is 255 g/mol. The Labute approximate surface area is 104 Å². The number of nitrogens with zero attached hydrogens (tertiary/aromatic N) is 3. The lowest BCUT2D eigenvalue weighted by atomic mass is 10.2. The predicted molar refractivity (Wildman–Crippen MR) is 63.1 cm³/mol. The average Bonchev–Trinajstić information content (AvgIpc) is 2.72. The number of nitrogens with two attached hydrogens (primary N) is 1. The lowest BCUT2D eigenvalue weighted by Gasteiger charge is -2.13. The molecule has 100 valence electrons. The summed E-state index contributed by atoms with van der Waals surface area (Å²) in [7, 11) is 0. The van der Waals surface area contributed by atoms with Gasteiger partial charge in [0.05, 0.1) is 5.69 Å². The van der Waals surface area contributed by atoms with E-state index >= 15 is 0 Å². The highest BCUT2D eigenvalue weighted by Gasteiger charge is 2.24. The van der Waals surface area contributed by atoms with Crippen molar-refractivity contribution in [3.63, 3.8) is 0 Å². The molecule has 0 aromatic carbocycles. The molecule has 1 aromatic rings. The van der Waals surface area contributed by atoms with E-state index in [4.69, 9.17) is 10.8 Å². The third-order valence-corrected chi connectivity index (χ3v) is 2.47. The van der Waals surface area contributed by atoms with Gasteiger partial charge in [-0.1, -0.05) is 5.21 Å². The van der Waals surface area contributed by atoms with Crippen LogP contribution in [-0.2, 0) is 11.2 Å². The molecule has 18 heavy (non-hydrogen) atoms. The number of hydrogen-bond donors (Lipinski definition) is 3. The maximum Gasteiger partial charge on any atom is 0.358 e. The monoisotopic (exact) mass is 255 g/mol. The molecule has 8 heteroatoms. The largest absolute Gasteiger partial charge is 0.476 e. The zero-order chi connectivity index (χ0) is 13.7. The predicted octanol–water partition coefficient (Wildman–Crippen LogP) is -0.825. The van der Waals surface area contributed by atoms with Crippen LogP contribution in [-0.4, -0.2) is 45.1 Å². The lowest BCUT2D eigenvalue weighted by Crippen LogP contribution is -2.32. The first-order valence-electron chi connectivity index (χ1n) is 5.68. The fourth-order valence-electron chi connectivity index (χ4n) is 1.59. The van der Waals surface area contributed by atoms with Crippen LogP contribution < -0.4 is 11.1 Å². The van der Waals surface area contributed by atoms with Gasteiger partial charge in [0.15, 0.2) is 5.69 Å². The zero-order valence-corrected chi connectivity index (χ0v) is 10.4. The molecule has 1 rings (SSSR count). The van der Waals surface area contributed by atoms with Gasteiger partial charge in [-0.05, 0) is 20.4 Å². The van der Waals surface area contributed by atoms with Crippen molar-refractivity contribution in [3.05, 3.63) is 11.4 Å². The summed E-state index contributed by atoms with van der Waals surface area (Å²) in [5.74, 6) is -1.41. The molecule has 0 bridgehead atoms.